The number of ether oxygens (including phenoxy) is 1. The molecule has 1 saturated heterocycles. The third-order valence-corrected chi connectivity index (χ3v) is 6.88. The number of benzene rings is 2. The average Bonchev–Trinajstić information content (AvgIpc) is 2.98. The lowest BCUT2D eigenvalue weighted by molar-refractivity contribution is -0.138. The van der Waals surface area contributed by atoms with Gasteiger partial charge in [0.15, 0.2) is 0 Å². The Hall–Kier alpha value is -3.39. The van der Waals surface area contributed by atoms with Crippen LogP contribution in [0.25, 0.3) is 11.1 Å². The highest BCUT2D eigenvalue weighted by atomic mass is 16.5. The molecule has 1 fully saturated rings. The summed E-state index contributed by atoms with van der Waals surface area (Å²) in [5.74, 6) is -0.906. The van der Waals surface area contributed by atoms with Gasteiger partial charge in [0.1, 0.15) is 6.61 Å². The lowest BCUT2D eigenvalue weighted by Crippen LogP contribution is -2.42. The summed E-state index contributed by atoms with van der Waals surface area (Å²) < 4.78 is 5.63. The molecule has 186 valence electrons. The molecule has 2 aliphatic rings. The van der Waals surface area contributed by atoms with E-state index in [1.54, 1.807) is 4.90 Å². The topological polar surface area (TPSA) is 99.2 Å². The standard InChI is InChI=1S/C27H33N3O5/c1-2-19(16-25(31)30-13-7-12-29(14-15-30)17-26(32)33)28-27(34)35-18-24-22-10-5-3-8-20(22)21-9-4-6-11-23(21)24/h3-6,8-11,19,24H,2,7,12-18H2,1H3,(H,28,34)(H,32,33)/t19-/m0/s1. The number of carbonyl (C=O) groups excluding carboxylic acids is 2. The molecule has 0 bridgehead atoms. The molecular formula is C27H33N3O5. The van der Waals surface area contributed by atoms with Crippen molar-refractivity contribution in [3.8, 4) is 11.1 Å². The number of rotatable bonds is 8. The summed E-state index contributed by atoms with van der Waals surface area (Å²) in [6, 6.07) is 16.1. The maximum atomic E-state index is 12.9. The first-order valence-corrected chi connectivity index (χ1v) is 12.3. The molecule has 2 N–H and O–H groups in total. The van der Waals surface area contributed by atoms with Gasteiger partial charge in [0.25, 0.3) is 0 Å². The summed E-state index contributed by atoms with van der Waals surface area (Å²) in [5.41, 5.74) is 4.66. The summed E-state index contributed by atoms with van der Waals surface area (Å²) in [6.45, 7) is 4.43. The van der Waals surface area contributed by atoms with Crippen LogP contribution in [-0.4, -0.2) is 78.2 Å². The van der Waals surface area contributed by atoms with E-state index in [0.29, 0.717) is 32.6 Å². The average molecular weight is 480 g/mol. The SMILES string of the molecule is CC[C@@H](CC(=O)N1CCCN(CC(=O)O)CC1)NC(=O)OCC1c2ccccc2-c2ccccc21. The van der Waals surface area contributed by atoms with Gasteiger partial charge < -0.3 is 20.1 Å². The van der Waals surface area contributed by atoms with Crippen molar-refractivity contribution in [2.24, 2.45) is 0 Å². The number of fused-ring (bicyclic) bond motifs is 3. The molecule has 1 heterocycles. The van der Waals surface area contributed by atoms with Crippen LogP contribution in [0, 0.1) is 0 Å². The van der Waals surface area contributed by atoms with Crippen LogP contribution in [0.15, 0.2) is 48.5 Å². The van der Waals surface area contributed by atoms with Gasteiger partial charge in [-0.15, -0.1) is 0 Å². The van der Waals surface area contributed by atoms with Gasteiger partial charge in [0, 0.05) is 44.6 Å². The highest BCUT2D eigenvalue weighted by Crippen LogP contribution is 2.44. The van der Waals surface area contributed by atoms with Crippen molar-refractivity contribution in [1.82, 2.24) is 15.1 Å². The number of carboxylic acid groups (broad SMARTS) is 1. The molecule has 8 nitrogen and oxygen atoms in total. The second-order valence-corrected chi connectivity index (χ2v) is 9.18. The molecule has 0 aromatic heterocycles. The van der Waals surface area contributed by atoms with Gasteiger partial charge in [0.05, 0.1) is 6.54 Å². The molecule has 1 aliphatic heterocycles. The maximum Gasteiger partial charge on any atom is 0.407 e. The van der Waals surface area contributed by atoms with E-state index in [9.17, 15) is 14.4 Å². The number of hydrogen-bond donors (Lipinski definition) is 2. The van der Waals surface area contributed by atoms with E-state index in [0.717, 1.165) is 17.5 Å². The van der Waals surface area contributed by atoms with Crippen molar-refractivity contribution in [3.05, 3.63) is 59.7 Å². The summed E-state index contributed by atoms with van der Waals surface area (Å²) in [7, 11) is 0. The van der Waals surface area contributed by atoms with Gasteiger partial charge in [-0.3, -0.25) is 14.5 Å². The van der Waals surface area contributed by atoms with Gasteiger partial charge in [0.2, 0.25) is 5.91 Å². The van der Waals surface area contributed by atoms with Crippen LogP contribution >= 0.6 is 0 Å². The quantitative estimate of drug-likeness (QED) is 0.603. The number of aliphatic carboxylic acids is 1. The molecule has 2 aromatic rings. The molecule has 35 heavy (non-hydrogen) atoms. The number of amides is 2. The van der Waals surface area contributed by atoms with E-state index in [2.05, 4.69) is 29.6 Å². The maximum absolute atomic E-state index is 12.9. The largest absolute Gasteiger partial charge is 0.480 e. The van der Waals surface area contributed by atoms with Crippen molar-refractivity contribution < 1.29 is 24.2 Å². The van der Waals surface area contributed by atoms with Crippen LogP contribution in [-0.2, 0) is 14.3 Å². The monoisotopic (exact) mass is 479 g/mol. The molecule has 0 spiro atoms. The number of hydrogen-bond acceptors (Lipinski definition) is 5. The number of nitrogens with zero attached hydrogens (tertiary/aromatic N) is 2. The zero-order valence-corrected chi connectivity index (χ0v) is 20.1. The van der Waals surface area contributed by atoms with Crippen LogP contribution in [0.5, 0.6) is 0 Å². The minimum absolute atomic E-state index is 0.0110. The fraction of sp³-hybridized carbons (Fsp3) is 0.444. The van der Waals surface area contributed by atoms with Gasteiger partial charge in [-0.05, 0) is 35.1 Å². The van der Waals surface area contributed by atoms with E-state index >= 15 is 0 Å². The Balaban J connectivity index is 1.29. The van der Waals surface area contributed by atoms with E-state index in [-0.39, 0.29) is 37.4 Å². The van der Waals surface area contributed by atoms with E-state index < -0.39 is 12.1 Å². The molecule has 1 aliphatic carbocycles. The second kappa shape index (κ2) is 11.4. The van der Waals surface area contributed by atoms with Crippen LogP contribution in [0.2, 0.25) is 0 Å². The van der Waals surface area contributed by atoms with E-state index in [1.807, 2.05) is 36.1 Å². The Bertz CT molecular complexity index is 1030. The van der Waals surface area contributed by atoms with Crippen LogP contribution in [0.4, 0.5) is 4.79 Å². The Morgan fingerprint density at radius 2 is 1.66 bits per heavy atom. The molecule has 8 heteroatoms. The Morgan fingerprint density at radius 1 is 1.00 bits per heavy atom. The Labute approximate surface area is 205 Å². The molecule has 0 radical (unpaired) electrons. The lowest BCUT2D eigenvalue weighted by atomic mass is 9.98. The van der Waals surface area contributed by atoms with Gasteiger partial charge >= 0.3 is 12.1 Å². The van der Waals surface area contributed by atoms with E-state index in [1.165, 1.54) is 11.1 Å². The zero-order valence-electron chi connectivity index (χ0n) is 20.1. The lowest BCUT2D eigenvalue weighted by Gasteiger charge is -2.24. The van der Waals surface area contributed by atoms with Gasteiger partial charge in [-0.2, -0.15) is 0 Å². The fourth-order valence-corrected chi connectivity index (χ4v) is 5.01. The van der Waals surface area contributed by atoms with Gasteiger partial charge in [-0.1, -0.05) is 55.5 Å². The number of alkyl carbamates (subject to hydrolysis) is 1. The third-order valence-electron chi connectivity index (χ3n) is 6.88. The number of carboxylic acids is 1. The van der Waals surface area contributed by atoms with Crippen molar-refractivity contribution >= 4 is 18.0 Å². The van der Waals surface area contributed by atoms with Crippen molar-refractivity contribution in [3.63, 3.8) is 0 Å². The second-order valence-electron chi connectivity index (χ2n) is 9.18. The van der Waals surface area contributed by atoms with Crippen molar-refractivity contribution in [2.75, 3.05) is 39.3 Å². The molecule has 4 rings (SSSR count). The highest BCUT2D eigenvalue weighted by molar-refractivity contribution is 5.79. The third kappa shape index (κ3) is 6.00. The zero-order chi connectivity index (χ0) is 24.8. The summed E-state index contributed by atoms with van der Waals surface area (Å²) >= 11 is 0. The number of nitrogens with one attached hydrogen (secondary N) is 1. The number of carbonyl (C=O) groups is 3. The Morgan fingerprint density at radius 3 is 2.29 bits per heavy atom. The molecule has 2 aromatic carbocycles. The van der Waals surface area contributed by atoms with E-state index in [4.69, 9.17) is 9.84 Å². The predicted molar refractivity (Wildman–Crippen MR) is 132 cm³/mol. The molecule has 1 atom stereocenters. The molecule has 0 unspecified atom stereocenters. The summed E-state index contributed by atoms with van der Waals surface area (Å²) in [4.78, 5) is 40.1. The molecule has 0 saturated carbocycles. The minimum Gasteiger partial charge on any atom is -0.480 e. The molecule has 2 amide bonds. The van der Waals surface area contributed by atoms with Crippen molar-refractivity contribution in [2.45, 2.75) is 38.1 Å². The minimum atomic E-state index is -0.858. The smallest absolute Gasteiger partial charge is 0.407 e. The summed E-state index contributed by atoms with van der Waals surface area (Å²) in [5, 5.41) is 11.9. The predicted octanol–water partition coefficient (Wildman–Crippen LogP) is 3.31. The first kappa shape index (κ1) is 24.7. The van der Waals surface area contributed by atoms with Crippen LogP contribution in [0.1, 0.15) is 43.2 Å². The fourth-order valence-electron chi connectivity index (χ4n) is 5.01. The summed E-state index contributed by atoms with van der Waals surface area (Å²) in [6.07, 6.45) is 1.01. The van der Waals surface area contributed by atoms with Crippen LogP contribution < -0.4 is 5.32 Å². The Kier molecular flexibility index (Phi) is 8.02. The van der Waals surface area contributed by atoms with Gasteiger partial charge in [-0.25, -0.2) is 4.79 Å². The first-order chi connectivity index (χ1) is 17.0. The van der Waals surface area contributed by atoms with Crippen molar-refractivity contribution in [1.29, 1.82) is 0 Å². The first-order valence-electron chi connectivity index (χ1n) is 12.3. The normalized spacial score (nSPS) is 16.7. The molecular weight excluding hydrogens is 446 g/mol. The van der Waals surface area contributed by atoms with Crippen LogP contribution in [0.3, 0.4) is 0 Å². The highest BCUT2D eigenvalue weighted by Gasteiger charge is 2.29.